The predicted octanol–water partition coefficient (Wildman–Crippen LogP) is 2.66. The van der Waals surface area contributed by atoms with Crippen LogP contribution in [0.25, 0.3) is 0 Å². The quantitative estimate of drug-likeness (QED) is 0.633. The fourth-order valence-corrected chi connectivity index (χ4v) is 2.66. The lowest BCUT2D eigenvalue weighted by atomic mass is 9.63. The maximum absolute atomic E-state index is 6.06. The molecule has 1 spiro atoms. The Bertz CT molecular complexity index is 407. The molecular weight excluding hydrogens is 183 g/mol. The molecule has 15 heavy (non-hydrogen) atoms. The Morgan fingerprint density at radius 2 is 2.07 bits per heavy atom. The van der Waals surface area contributed by atoms with E-state index in [9.17, 15) is 0 Å². The Hall–Kier alpha value is -0.755. The molecular formula is C13H17BO. The lowest BCUT2D eigenvalue weighted by molar-refractivity contribution is 0.201. The van der Waals surface area contributed by atoms with Crippen LogP contribution in [0.5, 0.6) is 0 Å². The van der Waals surface area contributed by atoms with Gasteiger partial charge in [0.15, 0.2) is 0 Å². The lowest BCUT2D eigenvalue weighted by Gasteiger charge is -2.10. The fraction of sp³-hybridized carbons (Fsp3) is 0.538. The maximum atomic E-state index is 6.06. The predicted molar refractivity (Wildman–Crippen MR) is 63.8 cm³/mol. The van der Waals surface area contributed by atoms with Crippen LogP contribution in [0.2, 0.25) is 6.82 Å². The zero-order valence-corrected chi connectivity index (χ0v) is 9.71. The van der Waals surface area contributed by atoms with Gasteiger partial charge in [-0.1, -0.05) is 38.9 Å². The molecule has 0 bridgehead atoms. The molecule has 0 saturated heterocycles. The first-order chi connectivity index (χ1) is 7.12. The molecule has 1 aromatic rings. The van der Waals surface area contributed by atoms with E-state index in [1.807, 2.05) is 0 Å². The van der Waals surface area contributed by atoms with Gasteiger partial charge in [0, 0.05) is 0 Å². The van der Waals surface area contributed by atoms with Gasteiger partial charge < -0.3 is 4.65 Å². The van der Waals surface area contributed by atoms with E-state index in [-0.39, 0.29) is 5.60 Å². The Morgan fingerprint density at radius 3 is 2.67 bits per heavy atom. The highest BCUT2D eigenvalue weighted by molar-refractivity contribution is 6.68. The van der Waals surface area contributed by atoms with Crippen molar-refractivity contribution in [2.45, 2.75) is 45.0 Å². The third-order valence-corrected chi connectivity index (χ3v) is 3.78. The Morgan fingerprint density at radius 1 is 1.33 bits per heavy atom. The van der Waals surface area contributed by atoms with E-state index in [1.54, 1.807) is 0 Å². The summed E-state index contributed by atoms with van der Waals surface area (Å²) in [5.41, 5.74) is 4.45. The van der Waals surface area contributed by atoms with E-state index in [2.05, 4.69) is 38.9 Å². The minimum atomic E-state index is 0.129. The van der Waals surface area contributed by atoms with E-state index >= 15 is 0 Å². The summed E-state index contributed by atoms with van der Waals surface area (Å²) in [6.45, 7) is 6.96. The molecule has 1 aliphatic heterocycles. The summed E-state index contributed by atoms with van der Waals surface area (Å²) in [4.78, 5) is 0. The molecule has 78 valence electrons. The van der Waals surface area contributed by atoms with Gasteiger partial charge in [-0.05, 0) is 35.3 Å². The van der Waals surface area contributed by atoms with Crippen molar-refractivity contribution in [2.24, 2.45) is 0 Å². The van der Waals surface area contributed by atoms with Gasteiger partial charge in [-0.15, -0.1) is 0 Å². The van der Waals surface area contributed by atoms with Gasteiger partial charge in [0.05, 0.1) is 5.60 Å². The summed E-state index contributed by atoms with van der Waals surface area (Å²) in [5, 5.41) is 0. The van der Waals surface area contributed by atoms with Crippen LogP contribution in [0.3, 0.4) is 0 Å². The van der Waals surface area contributed by atoms with E-state index in [1.165, 1.54) is 29.4 Å². The van der Waals surface area contributed by atoms with Crippen LogP contribution < -0.4 is 5.46 Å². The van der Waals surface area contributed by atoms with Crippen molar-refractivity contribution in [1.82, 2.24) is 0 Å². The molecule has 0 atom stereocenters. The molecule has 0 amide bonds. The second kappa shape index (κ2) is 2.88. The van der Waals surface area contributed by atoms with Gasteiger partial charge in [-0.2, -0.15) is 0 Å². The second-order valence-electron chi connectivity index (χ2n) is 5.26. The van der Waals surface area contributed by atoms with Crippen LogP contribution in [0.1, 0.15) is 43.7 Å². The summed E-state index contributed by atoms with van der Waals surface area (Å²) in [6.07, 6.45) is 2.43. The minimum absolute atomic E-state index is 0.129. The average molecular weight is 200 g/mol. The summed E-state index contributed by atoms with van der Waals surface area (Å²) in [5.74, 6) is 0.609. The number of hydrogen-bond acceptors (Lipinski definition) is 1. The van der Waals surface area contributed by atoms with Gasteiger partial charge in [0.1, 0.15) is 0 Å². The third kappa shape index (κ3) is 1.27. The van der Waals surface area contributed by atoms with Gasteiger partial charge in [0.25, 0.3) is 0 Å². The van der Waals surface area contributed by atoms with E-state index in [4.69, 9.17) is 4.65 Å². The number of hydrogen-bond donors (Lipinski definition) is 0. The smallest absolute Gasteiger partial charge is 0.325 e. The van der Waals surface area contributed by atoms with Crippen LogP contribution in [0, 0.1) is 0 Å². The lowest BCUT2D eigenvalue weighted by Crippen LogP contribution is -2.24. The first-order valence-electron chi connectivity index (χ1n) is 5.94. The zero-order valence-electron chi connectivity index (χ0n) is 9.71. The minimum Gasteiger partial charge on any atom is -0.422 e. The molecule has 1 nitrogen and oxygen atoms in total. The normalized spacial score (nSPS) is 21.2. The molecule has 3 rings (SSSR count). The SMILES string of the molecule is CB1OC2(CC2)c2ccc(C(C)C)cc21. The Kier molecular flexibility index (Phi) is 1.82. The highest BCUT2D eigenvalue weighted by Gasteiger charge is 2.53. The average Bonchev–Trinajstić information content (AvgIpc) is 2.91. The van der Waals surface area contributed by atoms with Crippen molar-refractivity contribution in [3.63, 3.8) is 0 Å². The second-order valence-corrected chi connectivity index (χ2v) is 5.26. The Labute approximate surface area is 91.9 Å². The molecule has 0 N–H and O–H groups in total. The van der Waals surface area contributed by atoms with Crippen LogP contribution in [0.15, 0.2) is 18.2 Å². The largest absolute Gasteiger partial charge is 0.422 e. The molecule has 1 aromatic carbocycles. The van der Waals surface area contributed by atoms with Crippen LogP contribution in [-0.4, -0.2) is 6.92 Å². The summed E-state index contributed by atoms with van der Waals surface area (Å²) < 4.78 is 6.06. The fourth-order valence-electron chi connectivity index (χ4n) is 2.66. The molecule has 0 aromatic heterocycles. The van der Waals surface area contributed by atoms with Crippen molar-refractivity contribution in [1.29, 1.82) is 0 Å². The maximum Gasteiger partial charge on any atom is 0.325 e. The monoisotopic (exact) mass is 200 g/mol. The van der Waals surface area contributed by atoms with E-state index in [0.717, 1.165) is 0 Å². The molecule has 1 saturated carbocycles. The molecule has 1 heterocycles. The number of benzene rings is 1. The van der Waals surface area contributed by atoms with Crippen molar-refractivity contribution in [2.75, 3.05) is 0 Å². The van der Waals surface area contributed by atoms with Crippen LogP contribution in [0.4, 0.5) is 0 Å². The van der Waals surface area contributed by atoms with Gasteiger partial charge in [0.2, 0.25) is 0 Å². The number of fused-ring (bicyclic) bond motifs is 2. The summed E-state index contributed by atoms with van der Waals surface area (Å²) >= 11 is 0. The van der Waals surface area contributed by atoms with Gasteiger partial charge in [-0.25, -0.2) is 0 Å². The standard InChI is InChI=1S/C13H17BO/c1-9(2)10-4-5-11-12(8-10)14(3)15-13(11)6-7-13/h4-5,8-9H,6-7H2,1-3H3. The summed E-state index contributed by atoms with van der Waals surface area (Å²) in [7, 11) is 0. The highest BCUT2D eigenvalue weighted by Crippen LogP contribution is 2.52. The molecule has 2 aliphatic rings. The van der Waals surface area contributed by atoms with Crippen LogP contribution >= 0.6 is 0 Å². The highest BCUT2D eigenvalue weighted by atomic mass is 16.5. The van der Waals surface area contributed by atoms with Crippen molar-refractivity contribution in [3.8, 4) is 0 Å². The van der Waals surface area contributed by atoms with Crippen molar-refractivity contribution in [3.05, 3.63) is 29.3 Å². The molecule has 0 radical (unpaired) electrons. The first-order valence-corrected chi connectivity index (χ1v) is 5.94. The third-order valence-electron chi connectivity index (χ3n) is 3.78. The Balaban J connectivity index is 2.09. The molecule has 0 unspecified atom stereocenters. The van der Waals surface area contributed by atoms with Gasteiger partial charge in [-0.3, -0.25) is 0 Å². The topological polar surface area (TPSA) is 9.23 Å². The van der Waals surface area contributed by atoms with E-state index in [0.29, 0.717) is 12.8 Å². The summed E-state index contributed by atoms with van der Waals surface area (Å²) in [6, 6.07) is 6.91. The molecule has 1 aliphatic carbocycles. The number of rotatable bonds is 1. The van der Waals surface area contributed by atoms with Crippen molar-refractivity contribution < 1.29 is 4.65 Å². The van der Waals surface area contributed by atoms with Crippen molar-refractivity contribution >= 4 is 12.4 Å². The van der Waals surface area contributed by atoms with E-state index < -0.39 is 0 Å². The van der Waals surface area contributed by atoms with Crippen LogP contribution in [-0.2, 0) is 10.3 Å². The first kappa shape index (κ1) is 9.47. The zero-order chi connectivity index (χ0) is 10.6. The van der Waals surface area contributed by atoms with Gasteiger partial charge >= 0.3 is 6.92 Å². The molecule has 1 fully saturated rings. The molecule has 2 heteroatoms.